The number of carbonyl (C=O) groups excluding carboxylic acids is 3. The molecule has 0 saturated heterocycles. The van der Waals surface area contributed by atoms with Crippen molar-refractivity contribution < 1.29 is 19.1 Å². The van der Waals surface area contributed by atoms with Gasteiger partial charge in [0.15, 0.2) is 11.9 Å². The van der Waals surface area contributed by atoms with Crippen LogP contribution >= 0.6 is 0 Å². The predicted molar refractivity (Wildman–Crippen MR) is 111 cm³/mol. The summed E-state index contributed by atoms with van der Waals surface area (Å²) in [5.41, 5.74) is 3.08. The van der Waals surface area contributed by atoms with Gasteiger partial charge in [-0.15, -0.1) is 0 Å². The van der Waals surface area contributed by atoms with Crippen molar-refractivity contribution in [3.05, 3.63) is 78.1 Å². The van der Waals surface area contributed by atoms with Gasteiger partial charge in [-0.1, -0.05) is 48.5 Å². The Morgan fingerprint density at radius 2 is 1.66 bits per heavy atom. The summed E-state index contributed by atoms with van der Waals surface area (Å²) in [6.45, 7) is 2.93. The lowest BCUT2D eigenvalue weighted by atomic mass is 10.0. The van der Waals surface area contributed by atoms with Gasteiger partial charge in [0.2, 0.25) is 0 Å². The molecule has 0 saturated carbocycles. The maximum atomic E-state index is 12.6. The summed E-state index contributed by atoms with van der Waals surface area (Å²) >= 11 is 0. The number of aryl methyl sites for hydroxylation is 1. The predicted octanol–water partition coefficient (Wildman–Crippen LogP) is 4.08. The van der Waals surface area contributed by atoms with E-state index in [2.05, 4.69) is 5.32 Å². The van der Waals surface area contributed by atoms with E-state index in [1.54, 1.807) is 19.3 Å². The third-order valence-corrected chi connectivity index (χ3v) is 4.54. The van der Waals surface area contributed by atoms with E-state index < -0.39 is 18.0 Å². The number of hydrogen-bond donors (Lipinski definition) is 1. The van der Waals surface area contributed by atoms with Crippen molar-refractivity contribution >= 4 is 23.3 Å². The van der Waals surface area contributed by atoms with E-state index in [0.29, 0.717) is 11.3 Å². The van der Waals surface area contributed by atoms with Crippen LogP contribution in [-0.2, 0) is 16.6 Å². The average molecular weight is 390 g/mol. The van der Waals surface area contributed by atoms with E-state index in [4.69, 9.17) is 4.74 Å². The number of nitrogens with zero attached hydrogens (tertiary/aromatic N) is 1. The third-order valence-electron chi connectivity index (χ3n) is 4.54. The molecular formula is C23H22N2O4. The van der Waals surface area contributed by atoms with Crippen LogP contribution in [0.2, 0.25) is 0 Å². The number of anilines is 1. The molecule has 0 aliphatic heterocycles. The molecule has 0 aliphatic rings. The fourth-order valence-electron chi connectivity index (χ4n) is 2.93. The van der Waals surface area contributed by atoms with Crippen molar-refractivity contribution in [2.75, 3.05) is 5.32 Å². The molecule has 3 aromatic rings. The van der Waals surface area contributed by atoms with Gasteiger partial charge >= 0.3 is 5.97 Å². The first-order chi connectivity index (χ1) is 13.9. The van der Waals surface area contributed by atoms with Crippen molar-refractivity contribution in [2.45, 2.75) is 20.0 Å². The van der Waals surface area contributed by atoms with Crippen LogP contribution in [0.1, 0.15) is 34.7 Å². The summed E-state index contributed by atoms with van der Waals surface area (Å²) in [4.78, 5) is 36.5. The van der Waals surface area contributed by atoms with E-state index in [1.807, 2.05) is 48.5 Å². The van der Waals surface area contributed by atoms with Crippen LogP contribution < -0.4 is 5.32 Å². The lowest BCUT2D eigenvalue weighted by Gasteiger charge is -2.16. The van der Waals surface area contributed by atoms with Crippen molar-refractivity contribution in [3.8, 4) is 11.1 Å². The molecule has 1 heterocycles. The minimum atomic E-state index is -1.01. The molecule has 0 unspecified atom stereocenters. The molecule has 0 fully saturated rings. The number of rotatable bonds is 6. The van der Waals surface area contributed by atoms with Gasteiger partial charge in [-0.25, -0.2) is 4.79 Å². The zero-order valence-electron chi connectivity index (χ0n) is 16.5. The second kappa shape index (κ2) is 8.56. The number of nitrogens with one attached hydrogen (secondary N) is 1. The number of hydrogen-bond acceptors (Lipinski definition) is 4. The lowest BCUT2D eigenvalue weighted by molar-refractivity contribution is -0.123. The van der Waals surface area contributed by atoms with Crippen LogP contribution in [0.5, 0.6) is 0 Å². The molecule has 0 aliphatic carbocycles. The molecule has 148 valence electrons. The molecule has 1 amide bonds. The molecule has 6 nitrogen and oxygen atoms in total. The van der Waals surface area contributed by atoms with Crippen LogP contribution in [-0.4, -0.2) is 28.3 Å². The molecule has 0 spiro atoms. The average Bonchev–Trinajstić information content (AvgIpc) is 3.11. The van der Waals surface area contributed by atoms with Crippen LogP contribution in [0.15, 0.2) is 66.9 Å². The van der Waals surface area contributed by atoms with Gasteiger partial charge in [0, 0.05) is 30.1 Å². The van der Waals surface area contributed by atoms with Crippen LogP contribution in [0.4, 0.5) is 5.69 Å². The number of benzene rings is 2. The maximum absolute atomic E-state index is 12.6. The molecule has 0 bridgehead atoms. The molecule has 1 atom stereocenters. The molecule has 0 radical (unpaired) electrons. The Morgan fingerprint density at radius 3 is 2.31 bits per heavy atom. The van der Waals surface area contributed by atoms with Gasteiger partial charge in [0.25, 0.3) is 5.91 Å². The number of ketones is 1. The highest BCUT2D eigenvalue weighted by Gasteiger charge is 2.22. The summed E-state index contributed by atoms with van der Waals surface area (Å²) in [5.74, 6) is -1.26. The smallest absolute Gasteiger partial charge is 0.355 e. The molecule has 3 rings (SSSR count). The topological polar surface area (TPSA) is 77.4 Å². The van der Waals surface area contributed by atoms with Crippen LogP contribution in [0.25, 0.3) is 11.1 Å². The lowest BCUT2D eigenvalue weighted by Crippen LogP contribution is -2.30. The first-order valence-corrected chi connectivity index (χ1v) is 9.20. The number of aromatic nitrogens is 1. The Kier molecular flexibility index (Phi) is 5.93. The Labute approximate surface area is 169 Å². The maximum Gasteiger partial charge on any atom is 0.355 e. The van der Waals surface area contributed by atoms with Crippen LogP contribution in [0, 0.1) is 0 Å². The number of Topliss-reactive ketones (excluding diaryl/α,β-unsaturated/α-hetero) is 1. The summed E-state index contributed by atoms with van der Waals surface area (Å²) in [7, 11) is 1.64. The standard InChI is InChI=1S/C23H22N2O4/c1-15(26)18-13-21(25(3)14-18)23(28)29-16(2)22(27)24-20-12-8-7-11-19(20)17-9-5-4-6-10-17/h4-14,16H,1-3H3,(H,24,27)/t16-/m0/s1. The van der Waals surface area contributed by atoms with Crippen molar-refractivity contribution in [1.29, 1.82) is 0 Å². The highest BCUT2D eigenvalue weighted by molar-refractivity contribution is 6.01. The van der Waals surface area contributed by atoms with E-state index in [0.717, 1.165) is 11.1 Å². The van der Waals surface area contributed by atoms with E-state index in [9.17, 15) is 14.4 Å². The van der Waals surface area contributed by atoms with Crippen molar-refractivity contribution in [3.63, 3.8) is 0 Å². The molecule has 29 heavy (non-hydrogen) atoms. The highest BCUT2D eigenvalue weighted by atomic mass is 16.5. The fraction of sp³-hybridized carbons (Fsp3) is 0.174. The summed E-state index contributed by atoms with van der Waals surface area (Å²) in [5, 5.41) is 2.83. The Bertz CT molecular complexity index is 1050. The Balaban J connectivity index is 1.72. The van der Waals surface area contributed by atoms with Gasteiger partial charge in [-0.3, -0.25) is 9.59 Å². The van der Waals surface area contributed by atoms with Gasteiger partial charge in [-0.2, -0.15) is 0 Å². The molecule has 1 N–H and O–H groups in total. The van der Waals surface area contributed by atoms with Gasteiger partial charge in [-0.05, 0) is 31.5 Å². The zero-order chi connectivity index (χ0) is 21.0. The SMILES string of the molecule is CC(=O)c1cc(C(=O)O[C@@H](C)C(=O)Nc2ccccc2-c2ccccc2)n(C)c1. The van der Waals surface area contributed by atoms with Gasteiger partial charge in [0.1, 0.15) is 5.69 Å². The number of amides is 1. The number of para-hydroxylation sites is 1. The largest absolute Gasteiger partial charge is 0.448 e. The molecule has 6 heteroatoms. The molecular weight excluding hydrogens is 368 g/mol. The quantitative estimate of drug-likeness (QED) is 0.508. The Hall–Kier alpha value is -3.67. The molecule has 2 aromatic carbocycles. The number of carbonyl (C=O) groups is 3. The second-order valence-corrected chi connectivity index (χ2v) is 6.73. The second-order valence-electron chi connectivity index (χ2n) is 6.73. The summed E-state index contributed by atoms with van der Waals surface area (Å²) in [6, 6.07) is 18.6. The third kappa shape index (κ3) is 4.60. The van der Waals surface area contributed by atoms with Crippen molar-refractivity contribution in [2.24, 2.45) is 7.05 Å². The minimum Gasteiger partial charge on any atom is -0.448 e. The zero-order valence-corrected chi connectivity index (χ0v) is 16.5. The number of esters is 1. The number of ether oxygens (including phenoxy) is 1. The van der Waals surface area contributed by atoms with Crippen molar-refractivity contribution in [1.82, 2.24) is 4.57 Å². The van der Waals surface area contributed by atoms with E-state index in [1.165, 1.54) is 24.5 Å². The van der Waals surface area contributed by atoms with Crippen LogP contribution in [0.3, 0.4) is 0 Å². The van der Waals surface area contributed by atoms with Gasteiger partial charge < -0.3 is 14.6 Å². The van der Waals surface area contributed by atoms with Gasteiger partial charge in [0.05, 0.1) is 0 Å². The summed E-state index contributed by atoms with van der Waals surface area (Å²) in [6.07, 6.45) is 0.543. The monoisotopic (exact) mass is 390 g/mol. The minimum absolute atomic E-state index is 0.150. The molecule has 1 aromatic heterocycles. The fourth-order valence-corrected chi connectivity index (χ4v) is 2.93. The normalized spacial score (nSPS) is 11.6. The van der Waals surface area contributed by atoms with E-state index in [-0.39, 0.29) is 11.5 Å². The summed E-state index contributed by atoms with van der Waals surface area (Å²) < 4.78 is 6.82. The first kappa shape index (κ1) is 20.1. The Morgan fingerprint density at radius 1 is 1.00 bits per heavy atom. The first-order valence-electron chi connectivity index (χ1n) is 9.20. The highest BCUT2D eigenvalue weighted by Crippen LogP contribution is 2.27. The van der Waals surface area contributed by atoms with E-state index >= 15 is 0 Å².